The summed E-state index contributed by atoms with van der Waals surface area (Å²) in [5, 5.41) is 3.15. The monoisotopic (exact) mass is 270 g/mol. The van der Waals surface area contributed by atoms with Gasteiger partial charge in [0.15, 0.2) is 0 Å². The van der Waals surface area contributed by atoms with Crippen LogP contribution in [0.4, 0.5) is 0 Å². The normalized spacial score (nSPS) is 24.4. The molecule has 0 aromatic rings. The van der Waals surface area contributed by atoms with Crippen LogP contribution >= 0.6 is 12.2 Å². The first-order valence-corrected chi connectivity index (χ1v) is 7.24. The Hall–Kier alpha value is -0.680. The van der Waals surface area contributed by atoms with Crippen molar-refractivity contribution in [1.29, 1.82) is 0 Å². The number of carbonyl (C=O) groups excluding carboxylic acids is 1. The lowest BCUT2D eigenvalue weighted by Gasteiger charge is -2.36. The Morgan fingerprint density at radius 1 is 1.22 bits per heavy atom. The van der Waals surface area contributed by atoms with Crippen LogP contribution in [0.1, 0.15) is 44.9 Å². The van der Waals surface area contributed by atoms with Crippen LogP contribution in [0.25, 0.3) is 0 Å². The van der Waals surface area contributed by atoms with Crippen LogP contribution in [-0.4, -0.2) is 30.2 Å². The average molecular weight is 270 g/mol. The van der Waals surface area contributed by atoms with Crippen molar-refractivity contribution in [1.82, 2.24) is 5.32 Å². The molecule has 3 N–H and O–H groups in total. The predicted molar refractivity (Wildman–Crippen MR) is 74.3 cm³/mol. The number of rotatable bonds is 3. The van der Waals surface area contributed by atoms with Crippen molar-refractivity contribution >= 4 is 23.1 Å². The molecule has 4 nitrogen and oxygen atoms in total. The molecule has 1 amide bonds. The summed E-state index contributed by atoms with van der Waals surface area (Å²) < 4.78 is 5.32. The quantitative estimate of drug-likeness (QED) is 0.763. The molecule has 0 bridgehead atoms. The van der Waals surface area contributed by atoms with Crippen molar-refractivity contribution in [3.8, 4) is 0 Å². The van der Waals surface area contributed by atoms with Gasteiger partial charge in [-0.25, -0.2) is 0 Å². The maximum absolute atomic E-state index is 12.5. The first-order valence-electron chi connectivity index (χ1n) is 6.84. The van der Waals surface area contributed by atoms with Gasteiger partial charge in [-0.3, -0.25) is 4.79 Å². The Kier molecular flexibility index (Phi) is 4.56. The summed E-state index contributed by atoms with van der Waals surface area (Å²) in [6, 6.07) is 0.306. The van der Waals surface area contributed by atoms with E-state index in [2.05, 4.69) is 5.32 Å². The van der Waals surface area contributed by atoms with Crippen LogP contribution < -0.4 is 11.1 Å². The molecule has 1 aliphatic carbocycles. The molecule has 0 aromatic carbocycles. The number of nitrogens with two attached hydrogens (primary N) is 1. The van der Waals surface area contributed by atoms with Crippen molar-refractivity contribution in [2.45, 2.75) is 51.0 Å². The van der Waals surface area contributed by atoms with Gasteiger partial charge >= 0.3 is 0 Å². The maximum atomic E-state index is 12.5. The first kappa shape index (κ1) is 13.7. The van der Waals surface area contributed by atoms with E-state index >= 15 is 0 Å². The van der Waals surface area contributed by atoms with Crippen LogP contribution in [0.5, 0.6) is 0 Å². The van der Waals surface area contributed by atoms with Gasteiger partial charge in [-0.05, 0) is 25.7 Å². The molecule has 1 saturated heterocycles. The molecule has 0 aromatic heterocycles. The van der Waals surface area contributed by atoms with E-state index in [0.717, 1.165) is 12.8 Å². The molecule has 5 heteroatoms. The lowest BCUT2D eigenvalue weighted by atomic mass is 9.78. The van der Waals surface area contributed by atoms with Gasteiger partial charge in [0, 0.05) is 19.3 Å². The Balaban J connectivity index is 2.01. The van der Waals surface area contributed by atoms with Gasteiger partial charge in [-0.2, -0.15) is 0 Å². The molecular weight excluding hydrogens is 248 g/mol. The highest BCUT2D eigenvalue weighted by atomic mass is 32.1. The molecular formula is C13H22N2O2S. The molecule has 18 heavy (non-hydrogen) atoms. The van der Waals surface area contributed by atoms with Gasteiger partial charge in [0.1, 0.15) is 5.41 Å². The van der Waals surface area contributed by atoms with Crippen molar-refractivity contribution in [2.24, 2.45) is 11.1 Å². The Labute approximate surface area is 114 Å². The highest BCUT2D eigenvalue weighted by molar-refractivity contribution is 7.80. The first-order chi connectivity index (χ1) is 8.65. The van der Waals surface area contributed by atoms with Crippen LogP contribution in [0.15, 0.2) is 0 Å². The fraction of sp³-hybridized carbons (Fsp3) is 0.846. The number of nitrogens with one attached hydrogen (secondary N) is 1. The molecule has 102 valence electrons. The van der Waals surface area contributed by atoms with Gasteiger partial charge in [-0.15, -0.1) is 0 Å². The molecule has 2 aliphatic rings. The number of amides is 1. The topological polar surface area (TPSA) is 64.4 Å². The predicted octanol–water partition coefficient (Wildman–Crippen LogP) is 1.52. The highest BCUT2D eigenvalue weighted by Crippen LogP contribution is 2.32. The number of hydrogen-bond donors (Lipinski definition) is 2. The molecule has 2 rings (SSSR count). The number of ether oxygens (including phenoxy) is 1. The molecule has 2 fully saturated rings. The maximum Gasteiger partial charge on any atom is 0.233 e. The largest absolute Gasteiger partial charge is 0.392 e. The fourth-order valence-electron chi connectivity index (χ4n) is 2.88. The highest BCUT2D eigenvalue weighted by Gasteiger charge is 2.43. The van der Waals surface area contributed by atoms with Crippen LogP contribution in [0.2, 0.25) is 0 Å². The van der Waals surface area contributed by atoms with E-state index in [1.54, 1.807) is 0 Å². The van der Waals surface area contributed by atoms with E-state index in [0.29, 0.717) is 37.1 Å². The van der Waals surface area contributed by atoms with Crippen molar-refractivity contribution in [2.75, 3.05) is 13.2 Å². The Bertz CT molecular complexity index is 321. The van der Waals surface area contributed by atoms with E-state index in [4.69, 9.17) is 22.7 Å². The lowest BCUT2D eigenvalue weighted by Crippen LogP contribution is -2.54. The Morgan fingerprint density at radius 3 is 2.39 bits per heavy atom. The van der Waals surface area contributed by atoms with E-state index in [9.17, 15) is 4.79 Å². The van der Waals surface area contributed by atoms with E-state index < -0.39 is 5.41 Å². The van der Waals surface area contributed by atoms with Crippen molar-refractivity contribution < 1.29 is 9.53 Å². The summed E-state index contributed by atoms with van der Waals surface area (Å²) in [6.45, 7) is 1.13. The molecule has 0 unspecified atom stereocenters. The van der Waals surface area contributed by atoms with Crippen LogP contribution in [0, 0.1) is 5.41 Å². The molecule has 1 heterocycles. The third-order valence-electron chi connectivity index (χ3n) is 4.19. The minimum atomic E-state index is -0.676. The second kappa shape index (κ2) is 5.97. The molecule has 0 atom stereocenters. The SMILES string of the molecule is NC(=S)C1(C(=O)NC2CCCCC2)CCOCC1. The minimum Gasteiger partial charge on any atom is -0.392 e. The average Bonchev–Trinajstić information content (AvgIpc) is 2.40. The van der Waals surface area contributed by atoms with Crippen LogP contribution in [0.3, 0.4) is 0 Å². The van der Waals surface area contributed by atoms with E-state index in [1.165, 1.54) is 19.3 Å². The van der Waals surface area contributed by atoms with Gasteiger partial charge in [-0.1, -0.05) is 31.5 Å². The molecule has 0 spiro atoms. The van der Waals surface area contributed by atoms with Crippen molar-refractivity contribution in [3.05, 3.63) is 0 Å². The second-order valence-electron chi connectivity index (χ2n) is 5.37. The molecule has 0 radical (unpaired) electrons. The number of thiocarbonyl (C=S) groups is 1. The van der Waals surface area contributed by atoms with Crippen LogP contribution in [-0.2, 0) is 9.53 Å². The number of carbonyl (C=O) groups is 1. The summed E-state index contributed by atoms with van der Waals surface area (Å²) in [5.41, 5.74) is 5.15. The summed E-state index contributed by atoms with van der Waals surface area (Å²) >= 11 is 5.13. The smallest absolute Gasteiger partial charge is 0.233 e. The van der Waals surface area contributed by atoms with E-state index in [1.807, 2.05) is 0 Å². The van der Waals surface area contributed by atoms with Crippen molar-refractivity contribution in [3.63, 3.8) is 0 Å². The summed E-state index contributed by atoms with van der Waals surface area (Å²) in [7, 11) is 0. The zero-order valence-electron chi connectivity index (χ0n) is 10.7. The van der Waals surface area contributed by atoms with Gasteiger partial charge in [0.2, 0.25) is 5.91 Å². The molecule has 1 aliphatic heterocycles. The minimum absolute atomic E-state index is 0.0187. The zero-order valence-corrected chi connectivity index (χ0v) is 11.6. The third-order valence-corrected chi connectivity index (χ3v) is 4.58. The third kappa shape index (κ3) is 2.83. The molecule has 1 saturated carbocycles. The van der Waals surface area contributed by atoms with Gasteiger partial charge in [0.25, 0.3) is 0 Å². The zero-order chi connectivity index (χ0) is 13.0. The second-order valence-corrected chi connectivity index (χ2v) is 5.81. The Morgan fingerprint density at radius 2 is 1.83 bits per heavy atom. The fourth-order valence-corrected chi connectivity index (χ4v) is 3.17. The van der Waals surface area contributed by atoms with Gasteiger partial charge < -0.3 is 15.8 Å². The lowest BCUT2D eigenvalue weighted by molar-refractivity contribution is -0.132. The summed E-state index contributed by atoms with van der Waals surface area (Å²) in [5.74, 6) is 0.0187. The standard InChI is InChI=1S/C13H22N2O2S/c14-11(18)13(6-8-17-9-7-13)12(16)15-10-4-2-1-3-5-10/h10H,1-9H2,(H2,14,18)(H,15,16). The van der Waals surface area contributed by atoms with E-state index in [-0.39, 0.29) is 5.91 Å². The number of hydrogen-bond acceptors (Lipinski definition) is 3. The van der Waals surface area contributed by atoms with Gasteiger partial charge in [0.05, 0.1) is 4.99 Å². The summed E-state index contributed by atoms with van der Waals surface area (Å²) in [4.78, 5) is 12.8. The summed E-state index contributed by atoms with van der Waals surface area (Å²) in [6.07, 6.45) is 7.07.